The summed E-state index contributed by atoms with van der Waals surface area (Å²) in [7, 11) is -3.58. The average Bonchev–Trinajstić information content (AvgIpc) is 3.23. The highest BCUT2D eigenvalue weighted by Gasteiger charge is 2.29. The largest absolute Gasteiger partial charge is 0.439 e. The van der Waals surface area contributed by atoms with Crippen molar-refractivity contribution in [3.63, 3.8) is 0 Å². The number of ketones is 1. The molecule has 2 heterocycles. The third-order valence-electron chi connectivity index (χ3n) is 5.20. The predicted molar refractivity (Wildman–Crippen MR) is 112 cm³/mol. The van der Waals surface area contributed by atoms with E-state index >= 15 is 0 Å². The van der Waals surface area contributed by atoms with E-state index in [1.54, 1.807) is 18.3 Å². The van der Waals surface area contributed by atoms with Gasteiger partial charge in [0.1, 0.15) is 0 Å². The molecule has 0 N–H and O–H groups in total. The van der Waals surface area contributed by atoms with Gasteiger partial charge >= 0.3 is 0 Å². The Morgan fingerprint density at radius 2 is 1.67 bits per heavy atom. The maximum absolute atomic E-state index is 12.9. The summed E-state index contributed by atoms with van der Waals surface area (Å²) in [5.41, 5.74) is 1.47. The van der Waals surface area contributed by atoms with Gasteiger partial charge in [0.25, 0.3) is 0 Å². The van der Waals surface area contributed by atoms with E-state index in [4.69, 9.17) is 4.42 Å². The summed E-state index contributed by atoms with van der Waals surface area (Å²) < 4.78 is 33.1. The van der Waals surface area contributed by atoms with Crippen LogP contribution in [0.4, 0.5) is 0 Å². The number of rotatable bonds is 6. The van der Waals surface area contributed by atoms with Crippen molar-refractivity contribution in [3.05, 3.63) is 72.2 Å². The summed E-state index contributed by atoms with van der Waals surface area (Å²) in [5.74, 6) is 1.25. The van der Waals surface area contributed by atoms with Crippen LogP contribution in [0.3, 0.4) is 0 Å². The number of carbonyl (C=O) groups is 1. The van der Waals surface area contributed by atoms with Gasteiger partial charge in [0.05, 0.1) is 17.6 Å². The molecule has 0 radical (unpaired) electrons. The number of oxazole rings is 1. The van der Waals surface area contributed by atoms with Crippen LogP contribution in [0, 0.1) is 0 Å². The Balaban J connectivity index is 1.37. The Morgan fingerprint density at radius 3 is 2.30 bits per heavy atom. The number of sulfonamides is 1. The highest BCUT2D eigenvalue weighted by molar-refractivity contribution is 7.89. The minimum Gasteiger partial charge on any atom is -0.439 e. The molecule has 0 bridgehead atoms. The van der Waals surface area contributed by atoms with Crippen molar-refractivity contribution in [2.75, 3.05) is 26.2 Å². The average molecular weight is 426 g/mol. The Bertz CT molecular complexity index is 1120. The van der Waals surface area contributed by atoms with Gasteiger partial charge in [-0.1, -0.05) is 42.5 Å². The van der Waals surface area contributed by atoms with Gasteiger partial charge < -0.3 is 4.42 Å². The number of nitrogens with zero attached hydrogens (tertiary/aromatic N) is 3. The molecule has 1 aliphatic rings. The van der Waals surface area contributed by atoms with E-state index in [0.717, 1.165) is 11.3 Å². The zero-order chi connectivity index (χ0) is 21.1. The first-order valence-corrected chi connectivity index (χ1v) is 11.2. The van der Waals surface area contributed by atoms with Gasteiger partial charge in [-0.15, -0.1) is 0 Å². The molecule has 0 amide bonds. The van der Waals surface area contributed by atoms with Gasteiger partial charge in [-0.05, 0) is 19.1 Å². The number of Topliss-reactive ketones (excluding diaryl/α,β-unsaturated/α-hetero) is 1. The minimum absolute atomic E-state index is 0.0884. The van der Waals surface area contributed by atoms with E-state index < -0.39 is 10.0 Å². The van der Waals surface area contributed by atoms with Gasteiger partial charge in [-0.3, -0.25) is 9.69 Å². The molecule has 1 aliphatic heterocycles. The van der Waals surface area contributed by atoms with Crippen molar-refractivity contribution in [2.45, 2.75) is 18.4 Å². The van der Waals surface area contributed by atoms with Gasteiger partial charge in [0.2, 0.25) is 15.9 Å². The molecule has 30 heavy (non-hydrogen) atoms. The first-order valence-electron chi connectivity index (χ1n) is 9.77. The molecule has 1 aromatic heterocycles. The van der Waals surface area contributed by atoms with E-state index in [1.165, 1.54) is 23.4 Å². The number of aromatic nitrogens is 1. The second-order valence-electron chi connectivity index (χ2n) is 7.25. The summed E-state index contributed by atoms with van der Waals surface area (Å²) in [6.45, 7) is 3.96. The SMILES string of the molecule is CC(=O)c1ccc(S(=O)(=O)N2CCN(Cc3ncc(-c4ccccc4)o3)CC2)cc1. The molecule has 0 saturated carbocycles. The Kier molecular flexibility index (Phi) is 5.80. The summed E-state index contributed by atoms with van der Waals surface area (Å²) in [6.07, 6.45) is 1.72. The molecule has 1 fully saturated rings. The molecule has 0 unspecified atom stereocenters. The normalized spacial score (nSPS) is 15.9. The first-order chi connectivity index (χ1) is 14.4. The zero-order valence-electron chi connectivity index (χ0n) is 16.7. The lowest BCUT2D eigenvalue weighted by atomic mass is 10.2. The van der Waals surface area contributed by atoms with Gasteiger partial charge in [-0.2, -0.15) is 4.31 Å². The third kappa shape index (κ3) is 4.35. The molecule has 3 aromatic rings. The standard InChI is InChI=1S/C22H23N3O4S/c1-17(26)18-7-9-20(10-8-18)30(27,28)25-13-11-24(12-14-25)16-22-23-15-21(29-22)19-5-3-2-4-6-19/h2-10,15H,11-14,16H2,1H3. The summed E-state index contributed by atoms with van der Waals surface area (Å²) in [6, 6.07) is 15.9. The van der Waals surface area contributed by atoms with Crippen molar-refractivity contribution in [2.24, 2.45) is 0 Å². The third-order valence-corrected chi connectivity index (χ3v) is 7.11. The van der Waals surface area contributed by atoms with Crippen LogP contribution in [-0.4, -0.2) is 54.6 Å². The van der Waals surface area contributed by atoms with Crippen LogP contribution < -0.4 is 0 Å². The van der Waals surface area contributed by atoms with E-state index in [-0.39, 0.29) is 10.7 Å². The quantitative estimate of drug-likeness (QED) is 0.565. The lowest BCUT2D eigenvalue weighted by molar-refractivity contribution is 0.101. The molecule has 7 nitrogen and oxygen atoms in total. The van der Waals surface area contributed by atoms with Crippen LogP contribution in [0.2, 0.25) is 0 Å². The molecule has 0 aliphatic carbocycles. The molecule has 2 aromatic carbocycles. The van der Waals surface area contributed by atoms with Crippen molar-refractivity contribution < 1.29 is 17.6 Å². The van der Waals surface area contributed by atoms with Gasteiger partial charge in [-0.25, -0.2) is 13.4 Å². The van der Waals surface area contributed by atoms with Crippen molar-refractivity contribution in [3.8, 4) is 11.3 Å². The molecule has 0 spiro atoms. The number of hydrogen-bond acceptors (Lipinski definition) is 6. The van der Waals surface area contributed by atoms with Crippen LogP contribution in [-0.2, 0) is 16.6 Å². The molecule has 0 atom stereocenters. The van der Waals surface area contributed by atoms with Crippen LogP contribution in [0.1, 0.15) is 23.2 Å². The van der Waals surface area contributed by atoms with Crippen molar-refractivity contribution in [1.82, 2.24) is 14.2 Å². The second kappa shape index (κ2) is 8.51. The van der Waals surface area contributed by atoms with E-state index in [0.29, 0.717) is 44.2 Å². The summed E-state index contributed by atoms with van der Waals surface area (Å²) >= 11 is 0. The molecular formula is C22H23N3O4S. The number of piperazine rings is 1. The number of benzene rings is 2. The second-order valence-corrected chi connectivity index (χ2v) is 9.18. The highest BCUT2D eigenvalue weighted by atomic mass is 32.2. The summed E-state index contributed by atoms with van der Waals surface area (Å²) in [4.78, 5) is 18.1. The van der Waals surface area contributed by atoms with Crippen LogP contribution in [0.25, 0.3) is 11.3 Å². The predicted octanol–water partition coefficient (Wildman–Crippen LogP) is 3.05. The molecule has 1 saturated heterocycles. The number of carbonyl (C=O) groups excluding carboxylic acids is 1. The van der Waals surface area contributed by atoms with E-state index in [2.05, 4.69) is 9.88 Å². The molecule has 156 valence electrons. The zero-order valence-corrected chi connectivity index (χ0v) is 17.5. The van der Waals surface area contributed by atoms with E-state index in [1.807, 2.05) is 30.3 Å². The monoisotopic (exact) mass is 425 g/mol. The lowest BCUT2D eigenvalue weighted by Gasteiger charge is -2.33. The minimum atomic E-state index is -3.58. The summed E-state index contributed by atoms with van der Waals surface area (Å²) in [5, 5.41) is 0. The molecule has 4 rings (SSSR count). The fourth-order valence-corrected chi connectivity index (χ4v) is 4.87. The molecular weight excluding hydrogens is 402 g/mol. The van der Waals surface area contributed by atoms with Crippen molar-refractivity contribution >= 4 is 15.8 Å². The van der Waals surface area contributed by atoms with Gasteiger partial charge in [0.15, 0.2) is 11.5 Å². The van der Waals surface area contributed by atoms with Crippen LogP contribution >= 0.6 is 0 Å². The molecule has 8 heteroatoms. The highest BCUT2D eigenvalue weighted by Crippen LogP contribution is 2.22. The Labute approximate surface area is 176 Å². The topological polar surface area (TPSA) is 83.7 Å². The smallest absolute Gasteiger partial charge is 0.243 e. The maximum atomic E-state index is 12.9. The first kappa shape index (κ1) is 20.5. The fraction of sp³-hybridized carbons (Fsp3) is 0.273. The van der Waals surface area contributed by atoms with Crippen molar-refractivity contribution in [1.29, 1.82) is 0 Å². The fourth-order valence-electron chi connectivity index (χ4n) is 3.45. The van der Waals surface area contributed by atoms with Crippen LogP contribution in [0.15, 0.2) is 70.1 Å². The van der Waals surface area contributed by atoms with Crippen LogP contribution in [0.5, 0.6) is 0 Å². The lowest BCUT2D eigenvalue weighted by Crippen LogP contribution is -2.48. The Hall–Kier alpha value is -2.81. The number of hydrogen-bond donors (Lipinski definition) is 0. The maximum Gasteiger partial charge on any atom is 0.243 e. The van der Waals surface area contributed by atoms with Gasteiger partial charge in [0, 0.05) is 37.3 Å². The van der Waals surface area contributed by atoms with E-state index in [9.17, 15) is 13.2 Å². The Morgan fingerprint density at radius 1 is 1.00 bits per heavy atom.